The summed E-state index contributed by atoms with van der Waals surface area (Å²) in [5, 5.41) is 3.20. The second-order valence-corrected chi connectivity index (χ2v) is 5.14. The number of hydrogen-bond donors (Lipinski definition) is 1. The highest BCUT2D eigenvalue weighted by Gasteiger charge is 2.08. The summed E-state index contributed by atoms with van der Waals surface area (Å²) in [4.78, 5) is 4.48. The van der Waals surface area contributed by atoms with E-state index in [2.05, 4.69) is 11.9 Å². The smallest absolute Gasteiger partial charge is 0.131 e. The van der Waals surface area contributed by atoms with E-state index >= 15 is 0 Å². The van der Waals surface area contributed by atoms with Gasteiger partial charge in [-0.2, -0.15) is 0 Å². The van der Waals surface area contributed by atoms with Gasteiger partial charge in [0.15, 0.2) is 0 Å². The van der Waals surface area contributed by atoms with Crippen molar-refractivity contribution < 1.29 is 4.74 Å². The Labute approximate surface area is 112 Å². The molecular weight excluding hydrogens is 244 g/mol. The Morgan fingerprint density at radius 3 is 2.83 bits per heavy atom. The maximum atomic E-state index is 5.92. The number of aromatic nitrogens is 1. The number of ether oxygens (including phenoxy) is 1. The summed E-state index contributed by atoms with van der Waals surface area (Å²) in [7, 11) is 0. The van der Waals surface area contributed by atoms with E-state index in [0.29, 0.717) is 6.61 Å². The lowest BCUT2D eigenvalue weighted by molar-refractivity contribution is 0.297. The van der Waals surface area contributed by atoms with Crippen LogP contribution >= 0.6 is 11.3 Å². The monoisotopic (exact) mass is 262 g/mol. The molecule has 18 heavy (non-hydrogen) atoms. The van der Waals surface area contributed by atoms with Gasteiger partial charge in [-0.15, -0.1) is 11.3 Å². The lowest BCUT2D eigenvalue weighted by Gasteiger charge is -2.12. The molecule has 0 amide bonds. The molecule has 2 rings (SSSR count). The number of aryl methyl sites for hydroxylation is 1. The van der Waals surface area contributed by atoms with Gasteiger partial charge < -0.3 is 10.5 Å². The Balaban J connectivity index is 2.05. The molecule has 0 bridgehead atoms. The number of hydrogen-bond acceptors (Lipinski definition) is 4. The van der Waals surface area contributed by atoms with Gasteiger partial charge in [0.05, 0.1) is 10.7 Å². The number of thiazole rings is 1. The fourth-order valence-corrected chi connectivity index (χ4v) is 2.45. The van der Waals surface area contributed by atoms with Crippen LogP contribution in [0.2, 0.25) is 0 Å². The van der Waals surface area contributed by atoms with Crippen LogP contribution in [-0.2, 0) is 13.0 Å². The Bertz CT molecular complexity index is 508. The zero-order valence-corrected chi connectivity index (χ0v) is 11.5. The Morgan fingerprint density at radius 1 is 1.39 bits per heavy atom. The van der Waals surface area contributed by atoms with Crippen LogP contribution < -0.4 is 10.5 Å². The standard InChI is InChI=1S/C14H18N2OS/c1-3-14-16-11(9-18-14)8-17-13-7-5-4-6-12(13)10(2)15/h4-7,9-10H,3,8,15H2,1-2H3. The van der Waals surface area contributed by atoms with Crippen molar-refractivity contribution in [3.8, 4) is 5.75 Å². The molecule has 0 aliphatic carbocycles. The molecule has 1 aromatic carbocycles. The predicted molar refractivity (Wildman–Crippen MR) is 74.9 cm³/mol. The average Bonchev–Trinajstić information content (AvgIpc) is 2.84. The van der Waals surface area contributed by atoms with Crippen LogP contribution in [0.4, 0.5) is 0 Å². The molecule has 1 aromatic heterocycles. The van der Waals surface area contributed by atoms with Gasteiger partial charge in [-0.05, 0) is 19.4 Å². The number of nitrogens with zero attached hydrogens (tertiary/aromatic N) is 1. The molecule has 0 radical (unpaired) electrons. The van der Waals surface area contributed by atoms with Crippen LogP contribution in [0.25, 0.3) is 0 Å². The Hall–Kier alpha value is -1.39. The number of benzene rings is 1. The van der Waals surface area contributed by atoms with Crippen molar-refractivity contribution in [2.45, 2.75) is 32.9 Å². The molecule has 4 heteroatoms. The molecule has 2 aromatic rings. The quantitative estimate of drug-likeness (QED) is 0.899. The van der Waals surface area contributed by atoms with Crippen molar-refractivity contribution in [1.29, 1.82) is 0 Å². The second-order valence-electron chi connectivity index (χ2n) is 4.20. The molecule has 1 heterocycles. The van der Waals surface area contributed by atoms with E-state index in [4.69, 9.17) is 10.5 Å². The number of rotatable bonds is 5. The Kier molecular flexibility index (Phi) is 4.33. The maximum absolute atomic E-state index is 5.92. The minimum Gasteiger partial charge on any atom is -0.487 e. The first-order chi connectivity index (χ1) is 8.70. The third-order valence-electron chi connectivity index (χ3n) is 2.69. The van der Waals surface area contributed by atoms with E-state index in [1.165, 1.54) is 0 Å². The van der Waals surface area contributed by atoms with Gasteiger partial charge in [-0.3, -0.25) is 0 Å². The van der Waals surface area contributed by atoms with Crippen LogP contribution in [-0.4, -0.2) is 4.98 Å². The van der Waals surface area contributed by atoms with Crippen LogP contribution in [0.15, 0.2) is 29.6 Å². The minimum absolute atomic E-state index is 0.0252. The molecule has 0 spiro atoms. The average molecular weight is 262 g/mol. The summed E-state index contributed by atoms with van der Waals surface area (Å²) >= 11 is 1.68. The van der Waals surface area contributed by atoms with E-state index in [-0.39, 0.29) is 6.04 Å². The first kappa shape index (κ1) is 13.1. The lowest BCUT2D eigenvalue weighted by atomic mass is 10.1. The summed E-state index contributed by atoms with van der Waals surface area (Å²) in [5.41, 5.74) is 7.93. The largest absolute Gasteiger partial charge is 0.487 e. The molecule has 3 nitrogen and oxygen atoms in total. The number of nitrogens with two attached hydrogens (primary N) is 1. The van der Waals surface area contributed by atoms with E-state index < -0.39 is 0 Å². The van der Waals surface area contributed by atoms with Crippen molar-refractivity contribution in [2.75, 3.05) is 0 Å². The molecule has 0 aliphatic rings. The zero-order valence-electron chi connectivity index (χ0n) is 10.7. The molecule has 0 aliphatic heterocycles. The van der Waals surface area contributed by atoms with Gasteiger partial charge in [-0.25, -0.2) is 4.98 Å². The van der Waals surface area contributed by atoms with Gasteiger partial charge in [-0.1, -0.05) is 25.1 Å². The summed E-state index contributed by atoms with van der Waals surface area (Å²) in [5.74, 6) is 0.846. The van der Waals surface area contributed by atoms with Gasteiger partial charge in [0.2, 0.25) is 0 Å². The fourth-order valence-electron chi connectivity index (χ4n) is 1.72. The second kappa shape index (κ2) is 5.98. The molecule has 0 saturated heterocycles. The topological polar surface area (TPSA) is 48.1 Å². The van der Waals surface area contributed by atoms with Gasteiger partial charge >= 0.3 is 0 Å². The van der Waals surface area contributed by atoms with E-state index in [1.54, 1.807) is 11.3 Å². The maximum Gasteiger partial charge on any atom is 0.131 e. The van der Waals surface area contributed by atoms with Crippen LogP contribution in [0, 0.1) is 0 Å². The highest BCUT2D eigenvalue weighted by Crippen LogP contribution is 2.24. The molecular formula is C14H18N2OS. The SMILES string of the molecule is CCc1nc(COc2ccccc2C(C)N)cs1. The summed E-state index contributed by atoms with van der Waals surface area (Å²) in [6, 6.07) is 7.86. The lowest BCUT2D eigenvalue weighted by Crippen LogP contribution is -2.08. The molecule has 1 unspecified atom stereocenters. The zero-order chi connectivity index (χ0) is 13.0. The van der Waals surface area contributed by atoms with Gasteiger partial charge in [0, 0.05) is 17.0 Å². The molecule has 0 saturated carbocycles. The van der Waals surface area contributed by atoms with Crippen LogP contribution in [0.3, 0.4) is 0 Å². The van der Waals surface area contributed by atoms with Crippen LogP contribution in [0.1, 0.15) is 36.2 Å². The van der Waals surface area contributed by atoms with Gasteiger partial charge in [0.1, 0.15) is 12.4 Å². The third-order valence-corrected chi connectivity index (χ3v) is 3.73. The molecule has 96 valence electrons. The minimum atomic E-state index is -0.0252. The van der Waals surface area contributed by atoms with E-state index in [9.17, 15) is 0 Å². The molecule has 0 fully saturated rings. The van der Waals surface area contributed by atoms with Crippen molar-refractivity contribution >= 4 is 11.3 Å². The molecule has 2 N–H and O–H groups in total. The summed E-state index contributed by atoms with van der Waals surface area (Å²) in [6.07, 6.45) is 0.973. The van der Waals surface area contributed by atoms with Crippen LogP contribution in [0.5, 0.6) is 5.75 Å². The highest BCUT2D eigenvalue weighted by atomic mass is 32.1. The predicted octanol–water partition coefficient (Wildman–Crippen LogP) is 3.30. The summed E-state index contributed by atoms with van der Waals surface area (Å²) < 4.78 is 5.81. The van der Waals surface area contributed by atoms with Gasteiger partial charge in [0.25, 0.3) is 0 Å². The normalized spacial score (nSPS) is 12.4. The van der Waals surface area contributed by atoms with Crippen molar-refractivity contribution in [3.05, 3.63) is 45.9 Å². The third kappa shape index (κ3) is 3.09. The van der Waals surface area contributed by atoms with Crippen molar-refractivity contribution in [3.63, 3.8) is 0 Å². The molecule has 1 atom stereocenters. The first-order valence-electron chi connectivity index (χ1n) is 6.11. The van der Waals surface area contributed by atoms with Crippen molar-refractivity contribution in [1.82, 2.24) is 4.98 Å². The van der Waals surface area contributed by atoms with E-state index in [0.717, 1.165) is 28.4 Å². The Morgan fingerprint density at radius 2 is 2.17 bits per heavy atom. The highest BCUT2D eigenvalue weighted by molar-refractivity contribution is 7.09. The van der Waals surface area contributed by atoms with E-state index in [1.807, 2.05) is 36.6 Å². The fraction of sp³-hybridized carbons (Fsp3) is 0.357. The number of para-hydroxylation sites is 1. The first-order valence-corrected chi connectivity index (χ1v) is 6.99. The summed E-state index contributed by atoms with van der Waals surface area (Å²) in [6.45, 7) is 4.56. The van der Waals surface area contributed by atoms with Crippen molar-refractivity contribution in [2.24, 2.45) is 5.73 Å².